The van der Waals surface area contributed by atoms with Gasteiger partial charge in [0.05, 0.1) is 5.69 Å². The van der Waals surface area contributed by atoms with Crippen LogP contribution >= 0.6 is 0 Å². The van der Waals surface area contributed by atoms with Gasteiger partial charge in [0.25, 0.3) is 0 Å². The Hall–Kier alpha value is -3.95. The van der Waals surface area contributed by atoms with E-state index < -0.39 is 0 Å². The van der Waals surface area contributed by atoms with Crippen LogP contribution in [0, 0.1) is 30.9 Å². The first-order chi connectivity index (χ1) is 24.8. The number of hydrogen-bond acceptors (Lipinski definition) is 3. The van der Waals surface area contributed by atoms with Crippen molar-refractivity contribution in [2.75, 3.05) is 0 Å². The van der Waals surface area contributed by atoms with E-state index in [1.165, 1.54) is 34.4 Å². The Bertz CT molecular complexity index is 2280. The number of benzene rings is 3. The van der Waals surface area contributed by atoms with Crippen LogP contribution in [0.2, 0.25) is 0 Å². The van der Waals surface area contributed by atoms with Gasteiger partial charge in [-0.05, 0) is 97.5 Å². The molecule has 0 spiro atoms. The molecule has 2 atom stereocenters. The SMILES string of the molecule is CC1=CCC[C@H](C)C1c1c(C)nn(-c2[c-]c(Oc3[c-]c4c(cc3)c3ccccc3n4-c3cc(C(C)C)ccn3)cc(C(C)(C)C)c2)c1CCC(C)C.[Pt+2]. The summed E-state index contributed by atoms with van der Waals surface area (Å²) >= 11 is 0. The average molecular weight is 886 g/mol. The molecule has 0 fully saturated rings. The van der Waals surface area contributed by atoms with Gasteiger partial charge >= 0.3 is 21.1 Å². The van der Waals surface area contributed by atoms with Crippen molar-refractivity contribution in [3.05, 3.63) is 119 Å². The number of rotatable bonds is 9. The summed E-state index contributed by atoms with van der Waals surface area (Å²) in [7, 11) is 0. The normalized spacial score (nSPS) is 16.4. The second kappa shape index (κ2) is 15.4. The van der Waals surface area contributed by atoms with Crippen molar-refractivity contribution in [3.8, 4) is 23.0 Å². The standard InChI is InChI=1S/C47H54N4O.Pt/c1-29(2)18-21-42-46(45-31(5)14-13-15-32(45)6)33(7)49-51(42)36-25-35(47(8,9)10)26-38(27-36)52-37-19-20-40-39-16-11-12-17-41(39)50(43(40)28-37)44-24-34(30(3)4)22-23-48-44;/h11-12,14,16-17,19-20,22-26,29-30,32,45H,13,15,18,21H2,1-10H3;/q-2;+2/t32-,45?;/m0./s1. The van der Waals surface area contributed by atoms with Crippen molar-refractivity contribution >= 4 is 21.8 Å². The first-order valence-electron chi connectivity index (χ1n) is 19.2. The minimum Gasteiger partial charge on any atom is -0.509 e. The number of fused-ring (bicyclic) bond motifs is 3. The number of para-hydroxylation sites is 1. The molecule has 0 amide bonds. The second-order valence-corrected chi connectivity index (χ2v) is 16.8. The molecule has 0 bridgehead atoms. The summed E-state index contributed by atoms with van der Waals surface area (Å²) in [6.45, 7) is 22.7. The number of aryl methyl sites for hydroxylation is 1. The summed E-state index contributed by atoms with van der Waals surface area (Å²) in [6, 6.07) is 28.7. The third-order valence-electron chi connectivity index (χ3n) is 11.0. The number of ether oxygens (including phenoxy) is 1. The quantitative estimate of drug-likeness (QED) is 0.107. The zero-order chi connectivity index (χ0) is 36.9. The maximum Gasteiger partial charge on any atom is 2.00 e. The predicted octanol–water partition coefficient (Wildman–Crippen LogP) is 12.5. The Balaban J connectivity index is 0.00000481. The summed E-state index contributed by atoms with van der Waals surface area (Å²) in [5.41, 5.74) is 10.6. The molecule has 0 radical (unpaired) electrons. The molecule has 0 saturated carbocycles. The van der Waals surface area contributed by atoms with Gasteiger partial charge in [-0.3, -0.25) is 4.68 Å². The maximum atomic E-state index is 6.76. The van der Waals surface area contributed by atoms with Gasteiger partial charge in [-0.15, -0.1) is 41.3 Å². The van der Waals surface area contributed by atoms with Gasteiger partial charge in [0.1, 0.15) is 5.82 Å². The molecule has 3 aromatic carbocycles. The summed E-state index contributed by atoms with van der Waals surface area (Å²) < 4.78 is 11.2. The molecule has 53 heavy (non-hydrogen) atoms. The van der Waals surface area contributed by atoms with Crippen molar-refractivity contribution in [3.63, 3.8) is 0 Å². The van der Waals surface area contributed by atoms with Crippen molar-refractivity contribution in [1.82, 2.24) is 19.3 Å². The molecule has 1 unspecified atom stereocenters. The van der Waals surface area contributed by atoms with E-state index in [9.17, 15) is 0 Å². The van der Waals surface area contributed by atoms with Crippen LogP contribution in [-0.2, 0) is 32.9 Å². The van der Waals surface area contributed by atoms with Gasteiger partial charge in [0.15, 0.2) is 0 Å². The first kappa shape index (κ1) is 38.8. The Labute approximate surface area is 331 Å². The van der Waals surface area contributed by atoms with Crippen LogP contribution < -0.4 is 4.74 Å². The molecule has 0 aliphatic heterocycles. The molecule has 1 aliphatic carbocycles. The predicted molar refractivity (Wildman–Crippen MR) is 215 cm³/mol. The smallest absolute Gasteiger partial charge is 0.509 e. The van der Waals surface area contributed by atoms with Crippen LogP contribution in [0.4, 0.5) is 0 Å². The minimum atomic E-state index is -0.116. The summed E-state index contributed by atoms with van der Waals surface area (Å²) in [4.78, 5) is 4.83. The fourth-order valence-corrected chi connectivity index (χ4v) is 8.02. The molecule has 3 aromatic heterocycles. The monoisotopic (exact) mass is 885 g/mol. The van der Waals surface area contributed by atoms with Crippen molar-refractivity contribution in [2.24, 2.45) is 11.8 Å². The van der Waals surface area contributed by atoms with Gasteiger partial charge in [0.2, 0.25) is 0 Å². The van der Waals surface area contributed by atoms with E-state index in [1.807, 2.05) is 12.3 Å². The van der Waals surface area contributed by atoms with Gasteiger partial charge in [-0.1, -0.05) is 90.8 Å². The van der Waals surface area contributed by atoms with Gasteiger partial charge in [0, 0.05) is 40.4 Å². The van der Waals surface area contributed by atoms with Gasteiger partial charge in [-0.25, -0.2) is 4.98 Å². The fraction of sp³-hybridized carbons (Fsp3) is 0.404. The van der Waals surface area contributed by atoms with E-state index in [2.05, 4.69) is 151 Å². The van der Waals surface area contributed by atoms with Crippen molar-refractivity contribution in [1.29, 1.82) is 0 Å². The Morgan fingerprint density at radius 1 is 0.925 bits per heavy atom. The van der Waals surface area contributed by atoms with Crippen LogP contribution in [0.15, 0.2) is 78.5 Å². The number of hydrogen-bond donors (Lipinski definition) is 0. The number of aromatic nitrogens is 4. The molecule has 5 nitrogen and oxygen atoms in total. The molecule has 3 heterocycles. The van der Waals surface area contributed by atoms with Crippen molar-refractivity contribution in [2.45, 2.75) is 112 Å². The summed E-state index contributed by atoms with van der Waals surface area (Å²) in [5, 5.41) is 7.57. The molecule has 0 saturated heterocycles. The van der Waals surface area contributed by atoms with Gasteiger partial charge < -0.3 is 9.30 Å². The molecular formula is C47H54N4OPt. The average Bonchev–Trinajstić information content (AvgIpc) is 3.60. The molecule has 0 N–H and O–H groups in total. The van der Waals surface area contributed by atoms with Gasteiger partial charge in [-0.2, -0.15) is 11.2 Å². The molecular weight excluding hydrogens is 832 g/mol. The third-order valence-corrected chi connectivity index (χ3v) is 11.0. The molecule has 278 valence electrons. The van der Waals surface area contributed by atoms with Crippen LogP contribution in [-0.4, -0.2) is 19.3 Å². The van der Waals surface area contributed by atoms with E-state index in [0.717, 1.165) is 58.3 Å². The zero-order valence-electron chi connectivity index (χ0n) is 33.1. The third kappa shape index (κ3) is 7.70. The first-order valence-corrected chi connectivity index (χ1v) is 19.2. The molecule has 7 rings (SSSR count). The largest absolute Gasteiger partial charge is 2.00 e. The van der Waals surface area contributed by atoms with E-state index in [1.54, 1.807) is 0 Å². The van der Waals surface area contributed by atoms with Crippen molar-refractivity contribution < 1.29 is 25.8 Å². The van der Waals surface area contributed by atoms with Crippen LogP contribution in [0.3, 0.4) is 0 Å². The fourth-order valence-electron chi connectivity index (χ4n) is 8.02. The Morgan fingerprint density at radius 3 is 2.42 bits per heavy atom. The number of nitrogens with zero attached hydrogens (tertiary/aromatic N) is 4. The Kier molecular flexibility index (Phi) is 11.3. The Morgan fingerprint density at radius 2 is 1.70 bits per heavy atom. The second-order valence-electron chi connectivity index (χ2n) is 16.8. The molecule has 1 aliphatic rings. The summed E-state index contributed by atoms with van der Waals surface area (Å²) in [5.74, 6) is 4.12. The van der Waals surface area contributed by atoms with Crippen LogP contribution in [0.1, 0.15) is 121 Å². The number of allylic oxidation sites excluding steroid dienone is 2. The van der Waals surface area contributed by atoms with E-state index in [0.29, 0.717) is 35.2 Å². The molecule has 6 heteroatoms. The van der Waals surface area contributed by atoms with E-state index >= 15 is 0 Å². The van der Waals surface area contributed by atoms with E-state index in [-0.39, 0.29) is 26.5 Å². The topological polar surface area (TPSA) is 44.9 Å². The maximum absolute atomic E-state index is 6.76. The van der Waals surface area contributed by atoms with E-state index in [4.69, 9.17) is 14.8 Å². The number of pyridine rings is 1. The zero-order valence-corrected chi connectivity index (χ0v) is 35.4. The molecule has 6 aromatic rings. The van der Waals surface area contributed by atoms with Crippen LogP contribution in [0.25, 0.3) is 33.3 Å². The summed E-state index contributed by atoms with van der Waals surface area (Å²) in [6.07, 6.45) is 8.78. The minimum absolute atomic E-state index is 0. The van der Waals surface area contributed by atoms with Crippen LogP contribution in [0.5, 0.6) is 11.5 Å².